The predicted molar refractivity (Wildman–Crippen MR) is 95.8 cm³/mol. The van der Waals surface area contributed by atoms with E-state index < -0.39 is 5.82 Å². The van der Waals surface area contributed by atoms with Gasteiger partial charge in [-0.3, -0.25) is 9.78 Å². The maximum absolute atomic E-state index is 15.1. The number of aryl methyl sites for hydroxylation is 1. The summed E-state index contributed by atoms with van der Waals surface area (Å²) in [6.45, 7) is 1.79. The summed E-state index contributed by atoms with van der Waals surface area (Å²) in [6, 6.07) is 12.3. The fourth-order valence-electron chi connectivity index (χ4n) is 2.74. The molecule has 5 heteroatoms. The number of hydrogen-bond donors (Lipinski definition) is 1. The molecule has 3 nitrogen and oxygen atoms in total. The molecule has 0 unspecified atom stereocenters. The van der Waals surface area contributed by atoms with Crippen LogP contribution in [0.25, 0.3) is 32.5 Å². The van der Waals surface area contributed by atoms with Crippen molar-refractivity contribution in [2.24, 2.45) is 0 Å². The van der Waals surface area contributed by atoms with E-state index in [4.69, 9.17) is 0 Å². The minimum Gasteiger partial charge on any atom is -0.326 e. The van der Waals surface area contributed by atoms with Crippen LogP contribution in [0.15, 0.2) is 58.8 Å². The highest BCUT2D eigenvalue weighted by Crippen LogP contribution is 2.31. The topological polar surface area (TPSA) is 45.8 Å². The molecule has 0 aliphatic rings. The van der Waals surface area contributed by atoms with Crippen LogP contribution >= 0.6 is 11.3 Å². The Morgan fingerprint density at radius 3 is 2.75 bits per heavy atom. The lowest BCUT2D eigenvalue weighted by Gasteiger charge is -2.08. The highest BCUT2D eigenvalue weighted by atomic mass is 32.1. The molecular weight excluding hydrogens is 323 g/mol. The first-order valence-corrected chi connectivity index (χ1v) is 8.34. The standard InChI is InChI=1S/C19H13FN2OS/c1-11-5-6-14(19(23)22-11)13-3-2-4-15(18(13)20)16-9-12-7-8-24-17(12)10-21-16/h2-10H,1H3,(H,22,23). The average molecular weight is 336 g/mol. The second kappa shape index (κ2) is 5.69. The molecule has 1 N–H and O–H groups in total. The summed E-state index contributed by atoms with van der Waals surface area (Å²) in [5, 5.41) is 3.01. The van der Waals surface area contributed by atoms with Crippen LogP contribution in [0.3, 0.4) is 0 Å². The third-order valence-corrected chi connectivity index (χ3v) is 4.83. The fourth-order valence-corrected chi connectivity index (χ4v) is 3.47. The summed E-state index contributed by atoms with van der Waals surface area (Å²) < 4.78 is 16.1. The number of aromatic amines is 1. The maximum atomic E-state index is 15.1. The van der Waals surface area contributed by atoms with Gasteiger partial charge in [0.25, 0.3) is 5.56 Å². The molecule has 4 rings (SSSR count). The zero-order valence-electron chi connectivity index (χ0n) is 12.8. The van der Waals surface area contributed by atoms with Gasteiger partial charge in [0, 0.05) is 28.6 Å². The molecule has 0 radical (unpaired) electrons. The lowest BCUT2D eigenvalue weighted by molar-refractivity contribution is 0.634. The number of nitrogens with one attached hydrogen (secondary N) is 1. The third-order valence-electron chi connectivity index (χ3n) is 3.96. The van der Waals surface area contributed by atoms with Gasteiger partial charge < -0.3 is 4.98 Å². The van der Waals surface area contributed by atoms with Crippen LogP contribution in [0.4, 0.5) is 4.39 Å². The number of pyridine rings is 2. The number of benzene rings is 1. The lowest BCUT2D eigenvalue weighted by atomic mass is 10.0. The highest BCUT2D eigenvalue weighted by molar-refractivity contribution is 7.17. The molecule has 1 aromatic carbocycles. The summed E-state index contributed by atoms with van der Waals surface area (Å²) in [5.41, 5.74) is 1.99. The van der Waals surface area contributed by atoms with Gasteiger partial charge >= 0.3 is 0 Å². The molecule has 0 bridgehead atoms. The molecule has 3 heterocycles. The minimum absolute atomic E-state index is 0.279. The van der Waals surface area contributed by atoms with Gasteiger partial charge in [0.1, 0.15) is 5.82 Å². The number of rotatable bonds is 2. The van der Waals surface area contributed by atoms with Crippen molar-refractivity contribution in [2.75, 3.05) is 0 Å². The Morgan fingerprint density at radius 1 is 1.08 bits per heavy atom. The van der Waals surface area contributed by atoms with Crippen LogP contribution in [0, 0.1) is 12.7 Å². The van der Waals surface area contributed by atoms with Crippen molar-refractivity contribution >= 4 is 21.4 Å². The molecular formula is C19H13FN2OS. The van der Waals surface area contributed by atoms with Gasteiger partial charge in [-0.15, -0.1) is 11.3 Å². The Morgan fingerprint density at radius 2 is 1.92 bits per heavy atom. The maximum Gasteiger partial charge on any atom is 0.256 e. The van der Waals surface area contributed by atoms with Crippen molar-refractivity contribution in [3.63, 3.8) is 0 Å². The van der Waals surface area contributed by atoms with Gasteiger partial charge in [-0.2, -0.15) is 0 Å². The Balaban J connectivity index is 1.90. The van der Waals surface area contributed by atoms with Gasteiger partial charge in [0.15, 0.2) is 0 Å². The summed E-state index contributed by atoms with van der Waals surface area (Å²) in [6.07, 6.45) is 1.75. The molecule has 24 heavy (non-hydrogen) atoms. The van der Waals surface area contributed by atoms with Crippen molar-refractivity contribution in [2.45, 2.75) is 6.92 Å². The van der Waals surface area contributed by atoms with Gasteiger partial charge in [-0.1, -0.05) is 12.1 Å². The molecule has 4 aromatic rings. The molecule has 0 amide bonds. The largest absolute Gasteiger partial charge is 0.326 e. The van der Waals surface area contributed by atoms with E-state index in [0.717, 1.165) is 15.8 Å². The van der Waals surface area contributed by atoms with Crippen LogP contribution in [-0.2, 0) is 0 Å². The van der Waals surface area contributed by atoms with Gasteiger partial charge in [-0.25, -0.2) is 4.39 Å². The number of fused-ring (bicyclic) bond motifs is 1. The Kier molecular flexibility index (Phi) is 3.50. The number of hydrogen-bond acceptors (Lipinski definition) is 3. The number of thiophene rings is 1. The van der Waals surface area contributed by atoms with Crippen molar-refractivity contribution in [1.29, 1.82) is 0 Å². The summed E-state index contributed by atoms with van der Waals surface area (Å²) in [5.74, 6) is -0.436. The van der Waals surface area contributed by atoms with Crippen LogP contribution < -0.4 is 5.56 Å². The van der Waals surface area contributed by atoms with Crippen molar-refractivity contribution < 1.29 is 4.39 Å². The molecule has 118 valence electrons. The third kappa shape index (κ3) is 2.43. The molecule has 0 aliphatic carbocycles. The van der Waals surface area contributed by atoms with E-state index in [1.165, 1.54) is 0 Å². The quantitative estimate of drug-likeness (QED) is 0.573. The van der Waals surface area contributed by atoms with E-state index in [9.17, 15) is 4.79 Å². The summed E-state index contributed by atoms with van der Waals surface area (Å²) in [4.78, 5) is 19.2. The first-order valence-electron chi connectivity index (χ1n) is 7.46. The molecule has 0 spiro atoms. The smallest absolute Gasteiger partial charge is 0.256 e. The van der Waals surface area contributed by atoms with Crippen LogP contribution in [0.2, 0.25) is 0 Å². The monoisotopic (exact) mass is 336 g/mol. The number of aromatic nitrogens is 2. The van der Waals surface area contributed by atoms with Crippen molar-refractivity contribution in [3.8, 4) is 22.4 Å². The number of H-pyrrole nitrogens is 1. The first kappa shape index (κ1) is 14.8. The Bertz CT molecular complexity index is 1110. The molecule has 0 atom stereocenters. The van der Waals surface area contributed by atoms with E-state index in [1.807, 2.05) is 17.5 Å². The number of nitrogens with zero attached hydrogens (tertiary/aromatic N) is 1. The average Bonchev–Trinajstić information content (AvgIpc) is 3.03. The van der Waals surface area contributed by atoms with Crippen LogP contribution in [0.5, 0.6) is 0 Å². The molecule has 0 saturated heterocycles. The molecule has 3 aromatic heterocycles. The second-order valence-electron chi connectivity index (χ2n) is 5.58. The first-order chi connectivity index (χ1) is 11.6. The Hall–Kier alpha value is -2.79. The van der Waals surface area contributed by atoms with E-state index in [2.05, 4.69) is 9.97 Å². The van der Waals surface area contributed by atoms with E-state index >= 15 is 4.39 Å². The van der Waals surface area contributed by atoms with E-state index in [-0.39, 0.29) is 11.1 Å². The van der Waals surface area contributed by atoms with E-state index in [1.54, 1.807) is 54.8 Å². The normalized spacial score (nSPS) is 11.1. The lowest BCUT2D eigenvalue weighted by Crippen LogP contribution is -2.10. The molecule has 0 aliphatic heterocycles. The summed E-state index contributed by atoms with van der Waals surface area (Å²) in [7, 11) is 0. The van der Waals surface area contributed by atoms with Crippen molar-refractivity contribution in [1.82, 2.24) is 9.97 Å². The van der Waals surface area contributed by atoms with Gasteiger partial charge in [0.2, 0.25) is 0 Å². The zero-order chi connectivity index (χ0) is 16.7. The fraction of sp³-hybridized carbons (Fsp3) is 0.0526. The molecule has 0 saturated carbocycles. The van der Waals surface area contributed by atoms with Crippen LogP contribution in [0.1, 0.15) is 5.69 Å². The van der Waals surface area contributed by atoms with E-state index in [0.29, 0.717) is 16.8 Å². The van der Waals surface area contributed by atoms with Crippen LogP contribution in [-0.4, -0.2) is 9.97 Å². The zero-order valence-corrected chi connectivity index (χ0v) is 13.7. The Labute approximate surface area is 141 Å². The van der Waals surface area contributed by atoms with Gasteiger partial charge in [-0.05, 0) is 48.0 Å². The SMILES string of the molecule is Cc1ccc(-c2cccc(-c3cc4ccsc4cn3)c2F)c(=O)[nH]1. The van der Waals surface area contributed by atoms with Gasteiger partial charge in [0.05, 0.1) is 10.4 Å². The summed E-state index contributed by atoms with van der Waals surface area (Å²) >= 11 is 1.60. The predicted octanol–water partition coefficient (Wildman–Crippen LogP) is 4.77. The van der Waals surface area contributed by atoms with Crippen molar-refractivity contribution in [3.05, 3.63) is 75.9 Å². The number of halogens is 1. The second-order valence-corrected chi connectivity index (χ2v) is 6.53. The molecule has 0 fully saturated rings. The minimum atomic E-state index is -0.436. The highest BCUT2D eigenvalue weighted by Gasteiger charge is 2.15.